The minimum atomic E-state index is -1.24. The molecule has 0 N–H and O–H groups in total. The molecule has 0 radical (unpaired) electrons. The van der Waals surface area contributed by atoms with Gasteiger partial charge in [-0.1, -0.05) is 58.7 Å². The number of hydrogen-bond donors (Lipinski definition) is 0. The lowest BCUT2D eigenvalue weighted by Crippen LogP contribution is -2.02. The molecule has 0 aliphatic rings. The van der Waals surface area contributed by atoms with E-state index in [-0.39, 0.29) is 0 Å². The monoisotopic (exact) mass is 370 g/mol. The Hall–Kier alpha value is -1.06. The number of methoxy groups -OCH3 is 1. The zero-order valence-corrected chi connectivity index (χ0v) is 14.3. The van der Waals surface area contributed by atoms with Gasteiger partial charge < -0.3 is 4.74 Å². The van der Waals surface area contributed by atoms with Gasteiger partial charge in [0.1, 0.15) is 5.75 Å². The molecule has 0 aromatic heterocycles. The average Bonchev–Trinajstić information content (AvgIpc) is 2.54. The summed E-state index contributed by atoms with van der Waals surface area (Å²) in [7, 11) is 1.59. The third kappa shape index (κ3) is 3.41. The summed E-state index contributed by atoms with van der Waals surface area (Å²) in [6, 6.07) is 10.9. The van der Waals surface area contributed by atoms with Gasteiger partial charge in [-0.25, -0.2) is 4.39 Å². The van der Waals surface area contributed by atoms with E-state index in [2.05, 4.69) is 15.9 Å². The molecule has 2 aromatic rings. The highest BCUT2D eigenvalue weighted by molar-refractivity contribution is 9.08. The van der Waals surface area contributed by atoms with E-state index in [4.69, 9.17) is 16.3 Å². The predicted octanol–water partition coefficient (Wildman–Crippen LogP) is 5.86. The summed E-state index contributed by atoms with van der Waals surface area (Å²) in [4.78, 5) is 0. The van der Waals surface area contributed by atoms with Gasteiger partial charge in [0.2, 0.25) is 0 Å². The smallest absolute Gasteiger partial charge is 0.152 e. The molecule has 0 bridgehead atoms. The van der Waals surface area contributed by atoms with Crippen LogP contribution in [0, 0.1) is 0 Å². The van der Waals surface area contributed by atoms with Gasteiger partial charge in [0.15, 0.2) is 6.17 Å². The van der Waals surface area contributed by atoms with Crippen molar-refractivity contribution in [1.29, 1.82) is 0 Å². The van der Waals surface area contributed by atoms with Crippen molar-refractivity contribution in [3.05, 3.63) is 63.7 Å². The number of alkyl halides is 2. The Labute approximate surface area is 138 Å². The fourth-order valence-electron chi connectivity index (χ4n) is 2.30. The summed E-state index contributed by atoms with van der Waals surface area (Å²) in [6.45, 7) is 2.00. The molecule has 0 amide bonds. The maximum atomic E-state index is 15.0. The van der Waals surface area contributed by atoms with Gasteiger partial charge in [0.25, 0.3) is 0 Å². The molecule has 0 aliphatic heterocycles. The minimum Gasteiger partial charge on any atom is -0.497 e. The number of hydrogen-bond acceptors (Lipinski definition) is 1. The van der Waals surface area contributed by atoms with E-state index < -0.39 is 6.17 Å². The third-order valence-corrected chi connectivity index (χ3v) is 4.59. The van der Waals surface area contributed by atoms with E-state index in [0.29, 0.717) is 27.2 Å². The van der Waals surface area contributed by atoms with Crippen molar-refractivity contribution in [3.63, 3.8) is 0 Å². The van der Waals surface area contributed by atoms with Gasteiger partial charge >= 0.3 is 0 Å². The van der Waals surface area contributed by atoms with Crippen LogP contribution >= 0.6 is 27.5 Å². The summed E-state index contributed by atoms with van der Waals surface area (Å²) < 4.78 is 20.1. The van der Waals surface area contributed by atoms with Crippen LogP contribution in [0.1, 0.15) is 35.3 Å². The van der Waals surface area contributed by atoms with Crippen LogP contribution in [0.4, 0.5) is 4.39 Å². The standard InChI is InChI=1S/C17H17BrClFO/c1-3-11-4-5-13(10-18)16(19)15(11)17(20)12-6-8-14(21-2)9-7-12/h4-9,17H,3,10H2,1-2H3. The van der Waals surface area contributed by atoms with E-state index >= 15 is 0 Å². The normalized spacial score (nSPS) is 12.2. The average molecular weight is 372 g/mol. The van der Waals surface area contributed by atoms with Crippen LogP contribution in [0.25, 0.3) is 0 Å². The molecule has 1 atom stereocenters. The Balaban J connectivity index is 2.47. The first-order valence-corrected chi connectivity index (χ1v) is 8.26. The van der Waals surface area contributed by atoms with E-state index in [9.17, 15) is 4.39 Å². The van der Waals surface area contributed by atoms with Gasteiger partial charge in [0.05, 0.1) is 12.1 Å². The highest BCUT2D eigenvalue weighted by Crippen LogP contribution is 2.37. The molecule has 0 spiro atoms. The number of aryl methyl sites for hydroxylation is 1. The maximum Gasteiger partial charge on any atom is 0.152 e. The second-order valence-corrected chi connectivity index (χ2v) is 5.67. The maximum absolute atomic E-state index is 15.0. The molecule has 4 heteroatoms. The van der Waals surface area contributed by atoms with Crippen molar-refractivity contribution < 1.29 is 9.13 Å². The number of ether oxygens (including phenoxy) is 1. The van der Waals surface area contributed by atoms with Crippen LogP contribution in [0.15, 0.2) is 36.4 Å². The fraction of sp³-hybridized carbons (Fsp3) is 0.294. The Morgan fingerprint density at radius 1 is 1.14 bits per heavy atom. The highest BCUT2D eigenvalue weighted by Gasteiger charge is 2.21. The summed E-state index contributed by atoms with van der Waals surface area (Å²) in [5.74, 6) is 0.710. The Kier molecular flexibility index (Phi) is 5.65. The molecular weight excluding hydrogens is 355 g/mol. The van der Waals surface area contributed by atoms with Gasteiger partial charge in [-0.05, 0) is 35.2 Å². The summed E-state index contributed by atoms with van der Waals surface area (Å²) >= 11 is 9.79. The molecule has 1 unspecified atom stereocenters. The SMILES string of the molecule is CCc1ccc(CBr)c(Cl)c1C(F)c1ccc(OC)cc1. The number of halogens is 3. The van der Waals surface area contributed by atoms with Crippen LogP contribution in [0.5, 0.6) is 5.75 Å². The molecule has 2 rings (SSSR count). The molecule has 1 nitrogen and oxygen atoms in total. The highest BCUT2D eigenvalue weighted by atomic mass is 79.9. The molecule has 0 saturated heterocycles. The zero-order chi connectivity index (χ0) is 15.4. The largest absolute Gasteiger partial charge is 0.497 e. The van der Waals surface area contributed by atoms with E-state index in [1.807, 2.05) is 19.1 Å². The van der Waals surface area contributed by atoms with Crippen molar-refractivity contribution in [3.8, 4) is 5.75 Å². The van der Waals surface area contributed by atoms with Crippen molar-refractivity contribution in [1.82, 2.24) is 0 Å². The lowest BCUT2D eigenvalue weighted by atomic mass is 9.94. The quantitative estimate of drug-likeness (QED) is 0.598. The lowest BCUT2D eigenvalue weighted by molar-refractivity contribution is 0.396. The van der Waals surface area contributed by atoms with Crippen LogP contribution in [-0.4, -0.2) is 7.11 Å². The number of benzene rings is 2. The van der Waals surface area contributed by atoms with Crippen LogP contribution in [-0.2, 0) is 11.8 Å². The predicted molar refractivity (Wildman–Crippen MR) is 89.4 cm³/mol. The van der Waals surface area contributed by atoms with Crippen molar-refractivity contribution in [2.45, 2.75) is 24.8 Å². The topological polar surface area (TPSA) is 9.23 Å². The number of rotatable bonds is 5. The molecule has 0 heterocycles. The molecule has 21 heavy (non-hydrogen) atoms. The van der Waals surface area contributed by atoms with Gasteiger partial charge in [-0.15, -0.1) is 0 Å². The van der Waals surface area contributed by atoms with Crippen LogP contribution in [0.3, 0.4) is 0 Å². The summed E-state index contributed by atoms with van der Waals surface area (Å²) in [5.41, 5.74) is 2.99. The molecule has 112 valence electrons. The molecular formula is C17H17BrClFO. The van der Waals surface area contributed by atoms with E-state index in [0.717, 1.165) is 17.5 Å². The van der Waals surface area contributed by atoms with Crippen LogP contribution in [0.2, 0.25) is 5.02 Å². The first-order chi connectivity index (χ1) is 10.1. The van der Waals surface area contributed by atoms with Gasteiger partial charge in [0, 0.05) is 10.9 Å². The molecule has 0 aliphatic carbocycles. The minimum absolute atomic E-state index is 0.509. The van der Waals surface area contributed by atoms with Crippen molar-refractivity contribution >= 4 is 27.5 Å². The first kappa shape index (κ1) is 16.3. The summed E-state index contributed by atoms with van der Waals surface area (Å²) in [6.07, 6.45) is -0.494. The second kappa shape index (κ2) is 7.28. The van der Waals surface area contributed by atoms with E-state index in [1.54, 1.807) is 31.4 Å². The third-order valence-electron chi connectivity index (χ3n) is 3.54. The summed E-state index contributed by atoms with van der Waals surface area (Å²) in [5, 5.41) is 1.12. The fourth-order valence-corrected chi connectivity index (χ4v) is 3.28. The van der Waals surface area contributed by atoms with Gasteiger partial charge in [-0.3, -0.25) is 0 Å². The van der Waals surface area contributed by atoms with Crippen LogP contribution < -0.4 is 4.74 Å². The lowest BCUT2D eigenvalue weighted by Gasteiger charge is -2.17. The molecule has 2 aromatic carbocycles. The van der Waals surface area contributed by atoms with Crippen molar-refractivity contribution in [2.75, 3.05) is 7.11 Å². The Morgan fingerprint density at radius 3 is 2.29 bits per heavy atom. The Bertz CT molecular complexity index is 613. The molecule has 0 fully saturated rings. The van der Waals surface area contributed by atoms with E-state index in [1.165, 1.54) is 0 Å². The Morgan fingerprint density at radius 2 is 1.76 bits per heavy atom. The van der Waals surface area contributed by atoms with Crippen molar-refractivity contribution in [2.24, 2.45) is 0 Å². The zero-order valence-electron chi connectivity index (χ0n) is 12.0. The first-order valence-electron chi connectivity index (χ1n) is 6.76. The molecule has 0 saturated carbocycles. The van der Waals surface area contributed by atoms with Gasteiger partial charge in [-0.2, -0.15) is 0 Å². The second-order valence-electron chi connectivity index (χ2n) is 4.73.